The number of rotatable bonds is 7. The molecule has 0 spiro atoms. The van der Waals surface area contributed by atoms with E-state index in [4.69, 9.17) is 0 Å². The lowest BCUT2D eigenvalue weighted by atomic mass is 10.1. The minimum absolute atomic E-state index is 0.0397. The molecular weight excluding hydrogens is 391 g/mol. The molecule has 31 heavy (non-hydrogen) atoms. The fraction of sp³-hybridized carbons (Fsp3) is 0.120. The molecule has 1 heterocycles. The van der Waals surface area contributed by atoms with E-state index in [1.54, 1.807) is 18.3 Å². The molecule has 0 aliphatic carbocycles. The molecule has 0 atom stereocenters. The topological polar surface area (TPSA) is 58.4 Å². The highest BCUT2D eigenvalue weighted by molar-refractivity contribution is 5.99. The highest BCUT2D eigenvalue weighted by Gasteiger charge is 2.08. The molecule has 0 radical (unpaired) electrons. The fourth-order valence-electron chi connectivity index (χ4n) is 3.44. The van der Waals surface area contributed by atoms with Crippen molar-refractivity contribution in [3.63, 3.8) is 0 Å². The van der Waals surface area contributed by atoms with Gasteiger partial charge in [0.1, 0.15) is 5.82 Å². The molecule has 4 aromatic rings. The lowest BCUT2D eigenvalue weighted by Gasteiger charge is -2.08. The predicted octanol–water partition coefficient (Wildman–Crippen LogP) is 4.70. The number of anilines is 1. The first-order chi connectivity index (χ1) is 15.1. The van der Waals surface area contributed by atoms with E-state index >= 15 is 0 Å². The van der Waals surface area contributed by atoms with Crippen LogP contribution in [0.3, 0.4) is 0 Å². The molecule has 0 aliphatic rings. The maximum Gasteiger partial charge on any atom is 0.259 e. The maximum atomic E-state index is 12.9. The second kappa shape index (κ2) is 9.26. The first-order valence-electron chi connectivity index (χ1n) is 10.0. The van der Waals surface area contributed by atoms with Gasteiger partial charge in [-0.3, -0.25) is 4.79 Å². The van der Waals surface area contributed by atoms with Gasteiger partial charge in [-0.15, -0.1) is 0 Å². The molecular formula is C25H23FN4O. The molecule has 0 fully saturated rings. The van der Waals surface area contributed by atoms with Crippen LogP contribution in [-0.2, 0) is 11.3 Å². The average molecular weight is 414 g/mol. The van der Waals surface area contributed by atoms with Gasteiger partial charge in [0.15, 0.2) is 0 Å². The zero-order valence-corrected chi connectivity index (χ0v) is 17.2. The number of fused-ring (bicyclic) bond motifs is 1. The van der Waals surface area contributed by atoms with E-state index in [1.807, 2.05) is 36.5 Å². The Kier molecular flexibility index (Phi) is 6.08. The zero-order chi connectivity index (χ0) is 21.6. The van der Waals surface area contributed by atoms with Crippen molar-refractivity contribution in [1.29, 1.82) is 0 Å². The predicted molar refractivity (Wildman–Crippen MR) is 123 cm³/mol. The Morgan fingerprint density at radius 3 is 2.58 bits per heavy atom. The van der Waals surface area contributed by atoms with Gasteiger partial charge in [0, 0.05) is 34.9 Å². The van der Waals surface area contributed by atoms with Gasteiger partial charge in [-0.05, 0) is 48.4 Å². The molecule has 0 unspecified atom stereocenters. The SMILES string of the molecule is Cc1ccccc1Cn1cc(/C=N\NC(=O)CNc2ccc(F)cc2)c2ccccc21. The van der Waals surface area contributed by atoms with Gasteiger partial charge in [-0.2, -0.15) is 5.10 Å². The van der Waals surface area contributed by atoms with E-state index in [9.17, 15) is 9.18 Å². The Morgan fingerprint density at radius 2 is 1.77 bits per heavy atom. The van der Waals surface area contributed by atoms with Gasteiger partial charge in [-0.1, -0.05) is 42.5 Å². The van der Waals surface area contributed by atoms with Crippen molar-refractivity contribution >= 4 is 28.7 Å². The van der Waals surface area contributed by atoms with Crippen LogP contribution < -0.4 is 10.7 Å². The van der Waals surface area contributed by atoms with Crippen LogP contribution >= 0.6 is 0 Å². The van der Waals surface area contributed by atoms with Crippen molar-refractivity contribution < 1.29 is 9.18 Å². The van der Waals surface area contributed by atoms with Crippen LogP contribution in [0.4, 0.5) is 10.1 Å². The second-order valence-electron chi connectivity index (χ2n) is 7.31. The van der Waals surface area contributed by atoms with E-state index < -0.39 is 0 Å². The van der Waals surface area contributed by atoms with Crippen molar-refractivity contribution in [3.05, 3.63) is 102 Å². The number of hydrogen-bond donors (Lipinski definition) is 2. The summed E-state index contributed by atoms with van der Waals surface area (Å²) in [6, 6.07) is 22.3. The first-order valence-corrected chi connectivity index (χ1v) is 10.0. The summed E-state index contributed by atoms with van der Waals surface area (Å²) in [5, 5.41) is 8.12. The number of aryl methyl sites for hydroxylation is 1. The molecule has 156 valence electrons. The van der Waals surface area contributed by atoms with E-state index in [0.29, 0.717) is 5.69 Å². The molecule has 5 nitrogen and oxygen atoms in total. The number of hydrazone groups is 1. The maximum absolute atomic E-state index is 12.9. The van der Waals surface area contributed by atoms with Crippen molar-refractivity contribution in [3.8, 4) is 0 Å². The third-order valence-electron chi connectivity index (χ3n) is 5.11. The van der Waals surface area contributed by atoms with Gasteiger partial charge in [-0.25, -0.2) is 9.82 Å². The average Bonchev–Trinajstić information content (AvgIpc) is 3.12. The Bertz CT molecular complexity index is 1230. The summed E-state index contributed by atoms with van der Waals surface area (Å²) in [5.41, 5.74) is 7.73. The lowest BCUT2D eigenvalue weighted by molar-refractivity contribution is -0.119. The monoisotopic (exact) mass is 414 g/mol. The smallest absolute Gasteiger partial charge is 0.259 e. The Balaban J connectivity index is 1.44. The Labute approximate surface area is 180 Å². The largest absolute Gasteiger partial charge is 0.376 e. The minimum Gasteiger partial charge on any atom is -0.376 e. The van der Waals surface area contributed by atoms with Gasteiger partial charge >= 0.3 is 0 Å². The van der Waals surface area contributed by atoms with Gasteiger partial charge in [0.2, 0.25) is 0 Å². The summed E-state index contributed by atoms with van der Waals surface area (Å²) < 4.78 is 15.1. The van der Waals surface area contributed by atoms with Crippen molar-refractivity contribution in [1.82, 2.24) is 9.99 Å². The Hall–Kier alpha value is -3.93. The minimum atomic E-state index is -0.318. The summed E-state index contributed by atoms with van der Waals surface area (Å²) in [7, 11) is 0. The number of para-hydroxylation sites is 1. The standard InChI is InChI=1S/C25H23FN4O/c1-18-6-2-3-7-19(18)16-30-17-20(23-8-4-5-9-24(23)30)14-28-29-25(31)15-27-22-12-10-21(26)11-13-22/h2-14,17,27H,15-16H2,1H3,(H,29,31)/b28-14-. The normalized spacial score (nSPS) is 11.2. The number of halogens is 1. The molecule has 2 N–H and O–H groups in total. The number of aromatic nitrogens is 1. The highest BCUT2D eigenvalue weighted by Crippen LogP contribution is 2.22. The van der Waals surface area contributed by atoms with Crippen LogP contribution in [0.2, 0.25) is 0 Å². The van der Waals surface area contributed by atoms with Gasteiger partial charge < -0.3 is 9.88 Å². The number of hydrogen-bond acceptors (Lipinski definition) is 3. The van der Waals surface area contributed by atoms with Crippen LogP contribution in [0.25, 0.3) is 10.9 Å². The van der Waals surface area contributed by atoms with Crippen LogP contribution in [-0.4, -0.2) is 23.2 Å². The summed E-state index contributed by atoms with van der Waals surface area (Å²) in [6.07, 6.45) is 3.70. The molecule has 0 saturated heterocycles. The quantitative estimate of drug-likeness (QED) is 0.340. The molecule has 3 aromatic carbocycles. The van der Waals surface area contributed by atoms with E-state index in [2.05, 4.69) is 45.5 Å². The zero-order valence-electron chi connectivity index (χ0n) is 17.2. The van der Waals surface area contributed by atoms with E-state index in [-0.39, 0.29) is 18.3 Å². The number of carbonyl (C=O) groups excluding carboxylic acids is 1. The molecule has 4 rings (SSSR count). The summed E-state index contributed by atoms with van der Waals surface area (Å²) in [5.74, 6) is -0.606. The first kappa shape index (κ1) is 20.3. The van der Waals surface area contributed by atoms with Crippen LogP contribution in [0.15, 0.2) is 84.1 Å². The van der Waals surface area contributed by atoms with Crippen molar-refractivity contribution in [2.75, 3.05) is 11.9 Å². The molecule has 0 aliphatic heterocycles. The number of nitrogens with zero attached hydrogens (tertiary/aromatic N) is 2. The van der Waals surface area contributed by atoms with Gasteiger partial charge in [0.25, 0.3) is 5.91 Å². The number of carbonyl (C=O) groups is 1. The van der Waals surface area contributed by atoms with Crippen molar-refractivity contribution in [2.45, 2.75) is 13.5 Å². The second-order valence-corrected chi connectivity index (χ2v) is 7.31. The van der Waals surface area contributed by atoms with E-state index in [1.165, 1.54) is 23.3 Å². The molecule has 1 amide bonds. The number of amides is 1. The third kappa shape index (κ3) is 4.98. The Morgan fingerprint density at radius 1 is 1.03 bits per heavy atom. The number of nitrogens with one attached hydrogen (secondary N) is 2. The molecule has 0 saturated carbocycles. The lowest BCUT2D eigenvalue weighted by Crippen LogP contribution is -2.25. The summed E-state index contributed by atoms with van der Waals surface area (Å²) in [4.78, 5) is 12.1. The van der Waals surface area contributed by atoms with Crippen LogP contribution in [0.5, 0.6) is 0 Å². The van der Waals surface area contributed by atoms with Crippen molar-refractivity contribution in [2.24, 2.45) is 5.10 Å². The van der Waals surface area contributed by atoms with E-state index in [0.717, 1.165) is 23.0 Å². The highest BCUT2D eigenvalue weighted by atomic mass is 19.1. The van der Waals surface area contributed by atoms with Crippen LogP contribution in [0, 0.1) is 12.7 Å². The number of benzene rings is 3. The van der Waals surface area contributed by atoms with Crippen LogP contribution in [0.1, 0.15) is 16.7 Å². The molecule has 0 bridgehead atoms. The van der Waals surface area contributed by atoms with Gasteiger partial charge in [0.05, 0.1) is 12.8 Å². The summed E-state index contributed by atoms with van der Waals surface area (Å²) in [6.45, 7) is 2.91. The third-order valence-corrected chi connectivity index (χ3v) is 5.11. The molecule has 6 heteroatoms. The summed E-state index contributed by atoms with van der Waals surface area (Å²) >= 11 is 0. The molecule has 1 aromatic heterocycles. The fourth-order valence-corrected chi connectivity index (χ4v) is 3.44.